The first kappa shape index (κ1) is 14.8. The van der Waals surface area contributed by atoms with Crippen molar-refractivity contribution in [3.63, 3.8) is 0 Å². The average molecular weight is 298 g/mol. The Hall–Kier alpha value is -2.17. The van der Waals surface area contributed by atoms with Gasteiger partial charge >= 0.3 is 0 Å². The lowest BCUT2D eigenvalue weighted by molar-refractivity contribution is -0.125. The number of aromatic nitrogens is 2. The Morgan fingerprint density at radius 3 is 3.09 bits per heavy atom. The predicted molar refractivity (Wildman–Crippen MR) is 87.8 cm³/mol. The van der Waals surface area contributed by atoms with Gasteiger partial charge in [-0.1, -0.05) is 0 Å². The molecule has 0 aromatic carbocycles. The third-order valence-electron chi connectivity index (χ3n) is 4.06. The third-order valence-corrected chi connectivity index (χ3v) is 4.06. The van der Waals surface area contributed by atoms with Crippen LogP contribution in [0.2, 0.25) is 0 Å². The second-order valence-electron chi connectivity index (χ2n) is 6.18. The van der Waals surface area contributed by atoms with Crippen LogP contribution in [-0.2, 0) is 4.79 Å². The molecular formula is C17H22N4O. The topological polar surface area (TPSA) is 58.1 Å². The molecule has 1 aliphatic heterocycles. The Morgan fingerprint density at radius 1 is 1.41 bits per heavy atom. The zero-order valence-electron chi connectivity index (χ0n) is 13.1. The molecule has 1 amide bonds. The molecule has 1 atom stereocenters. The molecule has 1 aliphatic rings. The average Bonchev–Trinajstić information content (AvgIpc) is 2.54. The molecule has 1 fully saturated rings. The molecule has 0 bridgehead atoms. The molecule has 0 aliphatic carbocycles. The highest BCUT2D eigenvalue weighted by Gasteiger charge is 2.27. The summed E-state index contributed by atoms with van der Waals surface area (Å²) in [4.78, 5) is 23.3. The number of carbonyl (C=O) groups excluding carboxylic acids is 1. The van der Waals surface area contributed by atoms with Crippen LogP contribution >= 0.6 is 0 Å². The highest BCUT2D eigenvalue weighted by Crippen LogP contribution is 2.28. The summed E-state index contributed by atoms with van der Waals surface area (Å²) in [6.45, 7) is 5.67. The van der Waals surface area contributed by atoms with Gasteiger partial charge in [-0.25, -0.2) is 0 Å². The first-order chi connectivity index (χ1) is 10.6. The van der Waals surface area contributed by atoms with Gasteiger partial charge in [-0.05, 0) is 38.8 Å². The number of rotatable bonds is 3. The summed E-state index contributed by atoms with van der Waals surface area (Å²) in [7, 11) is 0. The van der Waals surface area contributed by atoms with Gasteiger partial charge in [0.1, 0.15) is 0 Å². The van der Waals surface area contributed by atoms with Crippen molar-refractivity contribution in [2.75, 3.05) is 18.0 Å². The zero-order chi connectivity index (χ0) is 15.5. The minimum atomic E-state index is 0.0371. The number of hydrogen-bond donors (Lipinski definition) is 1. The highest BCUT2D eigenvalue weighted by atomic mass is 16.2. The number of anilines is 1. The van der Waals surface area contributed by atoms with E-state index in [1.807, 2.05) is 38.4 Å². The van der Waals surface area contributed by atoms with E-state index >= 15 is 0 Å². The van der Waals surface area contributed by atoms with Crippen molar-refractivity contribution >= 4 is 22.5 Å². The molecule has 1 N–H and O–H groups in total. The Morgan fingerprint density at radius 2 is 2.27 bits per heavy atom. The van der Waals surface area contributed by atoms with Crippen LogP contribution in [-0.4, -0.2) is 35.0 Å². The van der Waals surface area contributed by atoms with Crippen molar-refractivity contribution in [1.82, 2.24) is 15.3 Å². The minimum absolute atomic E-state index is 0.0371. The second-order valence-corrected chi connectivity index (χ2v) is 6.18. The van der Waals surface area contributed by atoms with Gasteiger partial charge < -0.3 is 10.2 Å². The quantitative estimate of drug-likeness (QED) is 0.945. The van der Waals surface area contributed by atoms with E-state index in [1.54, 1.807) is 6.20 Å². The molecule has 5 heteroatoms. The van der Waals surface area contributed by atoms with Crippen LogP contribution in [0.15, 0.2) is 30.7 Å². The summed E-state index contributed by atoms with van der Waals surface area (Å²) in [5.41, 5.74) is 1.99. The molecule has 2 aromatic heterocycles. The van der Waals surface area contributed by atoms with Crippen molar-refractivity contribution in [2.45, 2.75) is 32.7 Å². The Bertz CT molecular complexity index is 665. The Balaban J connectivity index is 1.83. The molecule has 1 unspecified atom stereocenters. The molecule has 0 radical (unpaired) electrons. The highest BCUT2D eigenvalue weighted by molar-refractivity contribution is 5.90. The largest absolute Gasteiger partial charge is 0.368 e. The van der Waals surface area contributed by atoms with E-state index in [4.69, 9.17) is 0 Å². The fourth-order valence-corrected chi connectivity index (χ4v) is 3.03. The summed E-state index contributed by atoms with van der Waals surface area (Å²) >= 11 is 0. The first-order valence-corrected chi connectivity index (χ1v) is 7.89. The van der Waals surface area contributed by atoms with Gasteiger partial charge in [0.25, 0.3) is 0 Å². The van der Waals surface area contributed by atoms with Crippen LogP contribution in [0.5, 0.6) is 0 Å². The number of amides is 1. The lowest BCUT2D eigenvalue weighted by Crippen LogP contribution is -2.44. The van der Waals surface area contributed by atoms with Gasteiger partial charge in [-0.2, -0.15) is 0 Å². The second kappa shape index (κ2) is 6.30. The van der Waals surface area contributed by atoms with Crippen molar-refractivity contribution < 1.29 is 4.79 Å². The molecule has 2 aromatic rings. The number of fused-ring (bicyclic) bond motifs is 1. The predicted octanol–water partition coefficient (Wildman–Crippen LogP) is 2.37. The van der Waals surface area contributed by atoms with E-state index in [0.717, 1.165) is 42.5 Å². The van der Waals surface area contributed by atoms with Gasteiger partial charge in [0.15, 0.2) is 0 Å². The molecule has 3 heterocycles. The lowest BCUT2D eigenvalue weighted by Gasteiger charge is -2.34. The van der Waals surface area contributed by atoms with Gasteiger partial charge in [-0.3, -0.25) is 14.8 Å². The summed E-state index contributed by atoms with van der Waals surface area (Å²) in [6.07, 6.45) is 7.45. The van der Waals surface area contributed by atoms with E-state index in [1.165, 1.54) is 0 Å². The van der Waals surface area contributed by atoms with Crippen molar-refractivity contribution in [2.24, 2.45) is 5.92 Å². The van der Waals surface area contributed by atoms with Crippen LogP contribution < -0.4 is 10.2 Å². The lowest BCUT2D eigenvalue weighted by atomic mass is 9.96. The smallest absolute Gasteiger partial charge is 0.225 e. The van der Waals surface area contributed by atoms with Crippen LogP contribution in [0.3, 0.4) is 0 Å². The fraction of sp³-hybridized carbons (Fsp3) is 0.471. The van der Waals surface area contributed by atoms with Crippen LogP contribution in [0.1, 0.15) is 26.7 Å². The molecule has 22 heavy (non-hydrogen) atoms. The summed E-state index contributed by atoms with van der Waals surface area (Å²) in [5.74, 6) is 0.191. The third kappa shape index (κ3) is 3.03. The molecule has 116 valence electrons. The normalized spacial score (nSPS) is 18.7. The van der Waals surface area contributed by atoms with Gasteiger partial charge in [0.2, 0.25) is 5.91 Å². The van der Waals surface area contributed by atoms with E-state index in [-0.39, 0.29) is 17.9 Å². The molecule has 5 nitrogen and oxygen atoms in total. The Kier molecular flexibility index (Phi) is 4.22. The summed E-state index contributed by atoms with van der Waals surface area (Å²) in [5, 5.41) is 4.06. The van der Waals surface area contributed by atoms with Crippen molar-refractivity contribution in [1.29, 1.82) is 0 Å². The number of nitrogens with zero attached hydrogens (tertiary/aromatic N) is 3. The van der Waals surface area contributed by atoms with Gasteiger partial charge in [0, 0.05) is 36.9 Å². The van der Waals surface area contributed by atoms with Gasteiger partial charge in [0.05, 0.1) is 23.3 Å². The standard InChI is InChI=1S/C17H22N4O/c1-12(2)20-17(22)14-6-4-8-21(11-14)15-10-18-9-13-5-3-7-19-16(13)15/h3,5,7,9-10,12,14H,4,6,8,11H2,1-2H3,(H,20,22). The van der Waals surface area contributed by atoms with Crippen LogP contribution in [0.25, 0.3) is 10.9 Å². The van der Waals surface area contributed by atoms with E-state index < -0.39 is 0 Å². The molecular weight excluding hydrogens is 276 g/mol. The van der Waals surface area contributed by atoms with E-state index in [0.29, 0.717) is 0 Å². The monoisotopic (exact) mass is 298 g/mol. The maximum Gasteiger partial charge on any atom is 0.225 e. The molecule has 0 spiro atoms. The van der Waals surface area contributed by atoms with Crippen molar-refractivity contribution in [3.8, 4) is 0 Å². The number of pyridine rings is 2. The first-order valence-electron chi connectivity index (χ1n) is 7.89. The van der Waals surface area contributed by atoms with E-state index in [9.17, 15) is 4.79 Å². The maximum atomic E-state index is 12.3. The van der Waals surface area contributed by atoms with Crippen LogP contribution in [0.4, 0.5) is 5.69 Å². The fourth-order valence-electron chi connectivity index (χ4n) is 3.03. The SMILES string of the molecule is CC(C)NC(=O)C1CCCN(c2cncc3cccnc23)C1. The number of hydrogen-bond acceptors (Lipinski definition) is 4. The number of piperidine rings is 1. The van der Waals surface area contributed by atoms with Crippen molar-refractivity contribution in [3.05, 3.63) is 30.7 Å². The molecule has 3 rings (SSSR count). The van der Waals surface area contributed by atoms with E-state index in [2.05, 4.69) is 20.2 Å². The van der Waals surface area contributed by atoms with Crippen LogP contribution in [0, 0.1) is 5.92 Å². The zero-order valence-corrected chi connectivity index (χ0v) is 13.1. The maximum absolute atomic E-state index is 12.3. The Labute approximate surface area is 130 Å². The van der Waals surface area contributed by atoms with Gasteiger partial charge in [-0.15, -0.1) is 0 Å². The summed E-state index contributed by atoms with van der Waals surface area (Å²) in [6, 6.07) is 4.12. The number of nitrogens with one attached hydrogen (secondary N) is 1. The molecule has 0 saturated carbocycles. The minimum Gasteiger partial charge on any atom is -0.368 e. The molecule has 1 saturated heterocycles. The number of carbonyl (C=O) groups is 1. The summed E-state index contributed by atoms with van der Waals surface area (Å²) < 4.78 is 0.